The van der Waals surface area contributed by atoms with E-state index in [1.165, 1.54) is 0 Å². The third-order valence-electron chi connectivity index (χ3n) is 1.06. The highest BCUT2D eigenvalue weighted by Crippen LogP contribution is 2.20. The van der Waals surface area contributed by atoms with Gasteiger partial charge in [0.15, 0.2) is 11.6 Å². The Morgan fingerprint density at radius 2 is 1.90 bits per heavy atom. The van der Waals surface area contributed by atoms with Crippen LogP contribution in [0.15, 0.2) is 12.1 Å². The minimum atomic E-state index is -1.04. The number of phenolic OH excluding ortho intramolecular Hbond substituents is 1. The van der Waals surface area contributed by atoms with Gasteiger partial charge in [0.05, 0.1) is 0 Å². The van der Waals surface area contributed by atoms with E-state index in [1.54, 1.807) is 0 Å². The molecule has 0 bridgehead atoms. The van der Waals surface area contributed by atoms with Crippen LogP contribution in [-0.4, -0.2) is 5.11 Å². The summed E-state index contributed by atoms with van der Waals surface area (Å²) in [6, 6.07) is 1.41. The van der Waals surface area contributed by atoms with Crippen molar-refractivity contribution in [2.75, 3.05) is 0 Å². The first-order valence-corrected chi connectivity index (χ1v) is 2.54. The second-order valence-electron chi connectivity index (χ2n) is 1.83. The smallest absolute Gasteiger partial charge is 0.168 e. The Morgan fingerprint density at radius 3 is 2.40 bits per heavy atom. The largest absolute Gasteiger partial charge is 0.505 e. The molecule has 1 aromatic carbocycles. The molecule has 0 saturated carbocycles. The Kier molecular flexibility index (Phi) is 1.57. The zero-order valence-corrected chi connectivity index (χ0v) is 4.94. The minimum absolute atomic E-state index is 0.294. The molecule has 10 heavy (non-hydrogen) atoms. The molecule has 0 aromatic heterocycles. The molecule has 2 radical (unpaired) electrons. The van der Waals surface area contributed by atoms with E-state index in [9.17, 15) is 8.78 Å². The topological polar surface area (TPSA) is 20.2 Å². The fraction of sp³-hybridized carbons (Fsp3) is 0. The van der Waals surface area contributed by atoms with Crippen LogP contribution >= 0.6 is 0 Å². The van der Waals surface area contributed by atoms with Crippen LogP contribution in [0.25, 0.3) is 0 Å². The van der Waals surface area contributed by atoms with Crippen LogP contribution in [0.4, 0.5) is 8.78 Å². The van der Waals surface area contributed by atoms with Crippen molar-refractivity contribution in [3.63, 3.8) is 0 Å². The lowest BCUT2D eigenvalue weighted by atomic mass is 10.2. The fourth-order valence-corrected chi connectivity index (χ4v) is 0.586. The second kappa shape index (κ2) is 2.25. The van der Waals surface area contributed by atoms with E-state index in [-0.39, 0.29) is 5.56 Å². The highest BCUT2D eigenvalue weighted by Gasteiger charge is 2.05. The molecular formula is C7H4F2O. The first-order valence-electron chi connectivity index (χ1n) is 2.54. The lowest BCUT2D eigenvalue weighted by Crippen LogP contribution is -1.83. The van der Waals surface area contributed by atoms with Crippen LogP contribution in [-0.2, 0) is 0 Å². The summed E-state index contributed by atoms with van der Waals surface area (Å²) >= 11 is 0. The Labute approximate surface area is 56.9 Å². The van der Waals surface area contributed by atoms with Gasteiger partial charge in [-0.25, -0.2) is 8.78 Å². The van der Waals surface area contributed by atoms with Gasteiger partial charge in [-0.15, -0.1) is 0 Å². The van der Waals surface area contributed by atoms with Gasteiger partial charge in [0.2, 0.25) is 0 Å². The maximum absolute atomic E-state index is 12.3. The molecule has 0 atom stereocenters. The summed E-state index contributed by atoms with van der Waals surface area (Å²) in [5.74, 6) is -2.55. The molecule has 1 aromatic rings. The van der Waals surface area contributed by atoms with E-state index in [0.717, 1.165) is 6.07 Å². The second-order valence-corrected chi connectivity index (χ2v) is 1.83. The molecule has 1 rings (SSSR count). The highest BCUT2D eigenvalue weighted by atomic mass is 19.1. The van der Waals surface area contributed by atoms with E-state index in [4.69, 9.17) is 12.0 Å². The van der Waals surface area contributed by atoms with Gasteiger partial charge in [-0.1, -0.05) is 0 Å². The molecule has 0 heterocycles. The van der Waals surface area contributed by atoms with Crippen LogP contribution in [0.5, 0.6) is 5.75 Å². The average molecular weight is 142 g/mol. The monoisotopic (exact) mass is 142 g/mol. The maximum Gasteiger partial charge on any atom is 0.168 e. The first kappa shape index (κ1) is 6.99. The van der Waals surface area contributed by atoms with E-state index in [1.807, 2.05) is 0 Å². The molecule has 0 spiro atoms. The summed E-state index contributed by atoms with van der Waals surface area (Å²) in [6.07, 6.45) is 0. The third-order valence-corrected chi connectivity index (χ3v) is 1.06. The lowest BCUT2D eigenvalue weighted by molar-refractivity contribution is 0.425. The summed E-state index contributed by atoms with van der Waals surface area (Å²) in [4.78, 5) is 0. The highest BCUT2D eigenvalue weighted by molar-refractivity contribution is 5.35. The minimum Gasteiger partial charge on any atom is -0.505 e. The van der Waals surface area contributed by atoms with Crippen molar-refractivity contribution in [1.82, 2.24) is 0 Å². The maximum atomic E-state index is 12.3. The van der Waals surface area contributed by atoms with Crippen molar-refractivity contribution in [3.8, 4) is 5.75 Å². The number of phenols is 1. The fourth-order valence-electron chi connectivity index (χ4n) is 0.586. The lowest BCUT2D eigenvalue weighted by Gasteiger charge is -1.97. The molecule has 0 saturated heterocycles. The Bertz CT molecular complexity index is 235. The number of hydrogen-bond acceptors (Lipinski definition) is 1. The van der Waals surface area contributed by atoms with Crippen LogP contribution in [0.1, 0.15) is 5.56 Å². The molecule has 1 N–H and O–H groups in total. The molecular weight excluding hydrogens is 138 g/mol. The Balaban J connectivity index is 3.31. The summed E-state index contributed by atoms with van der Waals surface area (Å²) < 4.78 is 24.4. The van der Waals surface area contributed by atoms with Gasteiger partial charge in [0.1, 0.15) is 5.82 Å². The van der Waals surface area contributed by atoms with Crippen molar-refractivity contribution >= 4 is 0 Å². The zero-order chi connectivity index (χ0) is 7.72. The predicted octanol–water partition coefficient (Wildman–Crippen LogP) is 1.73. The summed E-state index contributed by atoms with van der Waals surface area (Å²) in [5, 5.41) is 8.66. The molecule has 0 aliphatic carbocycles. The number of rotatable bonds is 0. The van der Waals surface area contributed by atoms with Gasteiger partial charge in [-0.2, -0.15) is 0 Å². The third kappa shape index (κ3) is 1.07. The van der Waals surface area contributed by atoms with Crippen molar-refractivity contribution < 1.29 is 13.9 Å². The van der Waals surface area contributed by atoms with Crippen molar-refractivity contribution in [2.24, 2.45) is 0 Å². The van der Waals surface area contributed by atoms with Crippen molar-refractivity contribution in [3.05, 3.63) is 36.3 Å². The van der Waals surface area contributed by atoms with E-state index < -0.39 is 17.4 Å². The van der Waals surface area contributed by atoms with Crippen molar-refractivity contribution in [1.29, 1.82) is 0 Å². The molecule has 3 heteroatoms. The average Bonchev–Trinajstić information content (AvgIpc) is 1.82. The van der Waals surface area contributed by atoms with Crippen LogP contribution in [0.3, 0.4) is 0 Å². The molecule has 0 unspecified atom stereocenters. The van der Waals surface area contributed by atoms with E-state index in [2.05, 4.69) is 0 Å². The van der Waals surface area contributed by atoms with Gasteiger partial charge in [0, 0.05) is 18.6 Å². The normalized spacial score (nSPS) is 9.90. The predicted molar refractivity (Wildman–Crippen MR) is 31.4 cm³/mol. The van der Waals surface area contributed by atoms with E-state index >= 15 is 0 Å². The van der Waals surface area contributed by atoms with Gasteiger partial charge in [0.25, 0.3) is 0 Å². The number of halogens is 2. The molecule has 0 fully saturated rings. The van der Waals surface area contributed by atoms with Gasteiger partial charge < -0.3 is 5.11 Å². The van der Waals surface area contributed by atoms with Crippen molar-refractivity contribution in [2.45, 2.75) is 0 Å². The summed E-state index contributed by atoms with van der Waals surface area (Å²) in [5.41, 5.74) is -0.294. The van der Waals surface area contributed by atoms with E-state index in [0.29, 0.717) is 6.07 Å². The molecule has 1 nitrogen and oxygen atoms in total. The molecule has 0 aliphatic heterocycles. The zero-order valence-electron chi connectivity index (χ0n) is 4.94. The molecule has 0 amide bonds. The standard InChI is InChI=1S/C7H4F2O/c1-4-2-5(8)3-6(9)7(4)10/h1-3,10H. The number of hydrogen-bond donors (Lipinski definition) is 1. The molecule has 0 aliphatic rings. The van der Waals surface area contributed by atoms with Gasteiger partial charge >= 0.3 is 0 Å². The van der Waals surface area contributed by atoms with Crippen LogP contribution < -0.4 is 0 Å². The SMILES string of the molecule is [CH]c1cc(F)cc(F)c1O. The summed E-state index contributed by atoms with van der Waals surface area (Å²) in [6.45, 7) is 4.99. The van der Waals surface area contributed by atoms with Gasteiger partial charge in [-0.3, -0.25) is 0 Å². The van der Waals surface area contributed by atoms with Gasteiger partial charge in [-0.05, 0) is 6.07 Å². The molecule has 52 valence electrons. The van der Waals surface area contributed by atoms with Crippen LogP contribution in [0, 0.1) is 18.6 Å². The Hall–Kier alpha value is -1.12. The number of benzene rings is 1. The van der Waals surface area contributed by atoms with Crippen LogP contribution in [0.2, 0.25) is 0 Å². The number of aromatic hydroxyl groups is 1. The summed E-state index contributed by atoms with van der Waals surface area (Å²) in [7, 11) is 0. The Morgan fingerprint density at radius 1 is 1.30 bits per heavy atom. The first-order chi connectivity index (χ1) is 4.61. The quantitative estimate of drug-likeness (QED) is 0.584.